The second kappa shape index (κ2) is 6.82. The van der Waals surface area contributed by atoms with Crippen molar-refractivity contribution in [3.05, 3.63) is 65.2 Å². The summed E-state index contributed by atoms with van der Waals surface area (Å²) in [5.74, 6) is -0.801. The van der Waals surface area contributed by atoms with Crippen molar-refractivity contribution >= 4 is 18.4 Å². The molecule has 11 heteroatoms. The number of esters is 1. The van der Waals surface area contributed by atoms with Crippen LogP contribution in [0.2, 0.25) is 0 Å². The molecule has 0 saturated carbocycles. The number of rotatable bonds is 6. The Balaban J connectivity index is 1.35. The highest BCUT2D eigenvalue weighted by Gasteiger charge is 2.62. The third kappa shape index (κ3) is 3.64. The molecule has 2 aliphatic heterocycles. The molecule has 0 amide bonds. The summed E-state index contributed by atoms with van der Waals surface area (Å²) in [5.41, 5.74) is -5.15. The van der Waals surface area contributed by atoms with E-state index in [4.69, 9.17) is 9.47 Å². The summed E-state index contributed by atoms with van der Waals surface area (Å²) in [6.45, 7) is -0.593. The first kappa shape index (κ1) is 20.9. The van der Waals surface area contributed by atoms with Crippen molar-refractivity contribution in [1.29, 1.82) is 0 Å². The van der Waals surface area contributed by atoms with Gasteiger partial charge in [-0.15, -0.1) is 0 Å². The molecule has 5 nitrogen and oxygen atoms in total. The van der Waals surface area contributed by atoms with Gasteiger partial charge < -0.3 is 9.47 Å². The number of carbonyl (C=O) groups is 1. The average molecular weight is 442 g/mol. The lowest BCUT2D eigenvalue weighted by molar-refractivity contribution is -0.156. The highest BCUT2D eigenvalue weighted by molar-refractivity contribution is 5.92. The van der Waals surface area contributed by atoms with Crippen molar-refractivity contribution in [2.45, 2.75) is 23.4 Å². The fourth-order valence-corrected chi connectivity index (χ4v) is 2.97. The van der Waals surface area contributed by atoms with Crippen molar-refractivity contribution in [2.75, 3.05) is 6.79 Å². The van der Waals surface area contributed by atoms with Crippen molar-refractivity contribution < 1.29 is 40.6 Å². The topological polar surface area (TPSA) is 60.2 Å². The first-order valence-corrected chi connectivity index (χ1v) is 8.76. The number of halogens is 6. The fourth-order valence-electron chi connectivity index (χ4n) is 2.97. The molecule has 2 unspecified atom stereocenters. The number of carbonyl (C=O) groups excluding carboxylic acids is 1. The maximum Gasteiger partial charge on any atom is 0.422 e. The zero-order chi connectivity index (χ0) is 22.5. The van der Waals surface area contributed by atoms with Gasteiger partial charge >= 0.3 is 18.3 Å². The van der Waals surface area contributed by atoms with E-state index < -0.39 is 36.2 Å². The molecule has 2 atom stereocenters. The van der Waals surface area contributed by atoms with Gasteiger partial charge in [0.1, 0.15) is 5.75 Å². The van der Waals surface area contributed by atoms with E-state index in [-0.39, 0.29) is 22.4 Å². The number of aliphatic imine (C=N–C) groups is 2. The fraction of sp³-hybridized carbons (Fsp3) is 0.250. The van der Waals surface area contributed by atoms with Crippen LogP contribution in [0.15, 0.2) is 58.5 Å². The number of nitrogens with zero attached hydrogens (tertiary/aromatic N) is 2. The largest absolute Gasteiger partial charge is 0.457 e. The Morgan fingerprint density at radius 1 is 0.839 bits per heavy atom. The van der Waals surface area contributed by atoms with E-state index in [2.05, 4.69) is 9.98 Å². The lowest BCUT2D eigenvalue weighted by Gasteiger charge is -2.18. The van der Waals surface area contributed by atoms with E-state index in [1.807, 2.05) is 0 Å². The van der Waals surface area contributed by atoms with Crippen LogP contribution in [-0.4, -0.2) is 37.5 Å². The number of ether oxygens (including phenoxy) is 2. The van der Waals surface area contributed by atoms with E-state index in [9.17, 15) is 31.1 Å². The lowest BCUT2D eigenvalue weighted by atomic mass is 9.95. The summed E-state index contributed by atoms with van der Waals surface area (Å²) in [7, 11) is 0. The Labute approximate surface area is 171 Å². The maximum atomic E-state index is 13.1. The molecular weight excluding hydrogens is 430 g/mol. The first-order valence-electron chi connectivity index (χ1n) is 8.76. The lowest BCUT2D eigenvalue weighted by Crippen LogP contribution is -2.32. The van der Waals surface area contributed by atoms with Crippen molar-refractivity contribution in [3.8, 4) is 5.75 Å². The summed E-state index contributed by atoms with van der Waals surface area (Å²) < 4.78 is 88.5. The van der Waals surface area contributed by atoms with Crippen molar-refractivity contribution in [3.63, 3.8) is 0 Å². The van der Waals surface area contributed by atoms with Crippen LogP contribution in [0, 0.1) is 0 Å². The third-order valence-corrected chi connectivity index (χ3v) is 4.89. The number of benzene rings is 2. The van der Waals surface area contributed by atoms with Crippen LogP contribution < -0.4 is 4.74 Å². The Morgan fingerprint density at radius 2 is 1.39 bits per heavy atom. The molecule has 0 spiro atoms. The molecule has 2 aliphatic rings. The Hall–Kier alpha value is -3.37. The normalized spacial score (nSPS) is 24.1. The zero-order valence-electron chi connectivity index (χ0n) is 15.4. The summed E-state index contributed by atoms with van der Waals surface area (Å²) in [4.78, 5) is 18.8. The molecule has 0 aliphatic carbocycles. The minimum absolute atomic E-state index is 0.0814. The monoisotopic (exact) mass is 442 g/mol. The van der Waals surface area contributed by atoms with E-state index in [1.165, 1.54) is 42.5 Å². The van der Waals surface area contributed by atoms with E-state index in [0.717, 1.165) is 18.5 Å². The quantitative estimate of drug-likeness (QED) is 0.374. The minimum Gasteiger partial charge on any atom is -0.457 e. The van der Waals surface area contributed by atoms with Gasteiger partial charge in [0.05, 0.1) is 5.56 Å². The highest BCUT2D eigenvalue weighted by Crippen LogP contribution is 2.49. The first-order chi connectivity index (χ1) is 14.5. The predicted molar refractivity (Wildman–Crippen MR) is 96.2 cm³/mol. The van der Waals surface area contributed by atoms with Gasteiger partial charge in [0.2, 0.25) is 17.9 Å². The molecule has 4 rings (SSSR count). The van der Waals surface area contributed by atoms with Crippen LogP contribution in [0.5, 0.6) is 5.75 Å². The van der Waals surface area contributed by atoms with Gasteiger partial charge in [0.15, 0.2) is 0 Å². The van der Waals surface area contributed by atoms with Crippen LogP contribution in [-0.2, 0) is 15.8 Å². The Morgan fingerprint density at radius 3 is 1.90 bits per heavy atom. The SMILES string of the molecule is O=C(OCOc1ccc(C2(C(F)(F)F)C=N2)cc1)c1cccc(C2(C(F)(F)F)C=N2)c1. The molecule has 2 heterocycles. The standard InChI is InChI=1S/C20H12F6N2O3/c21-19(22,23)17(9-27-17)13-4-6-15(7-5-13)30-11-31-16(29)12-2-1-3-14(8-12)18(10-28-18)20(24,25)26/h1-10H,11H2. The molecule has 0 bridgehead atoms. The van der Waals surface area contributed by atoms with Gasteiger partial charge in [-0.1, -0.05) is 24.3 Å². The molecule has 2 aromatic carbocycles. The molecule has 31 heavy (non-hydrogen) atoms. The number of alkyl halides is 6. The molecule has 0 saturated heterocycles. The van der Waals surface area contributed by atoms with Crippen LogP contribution in [0.25, 0.3) is 0 Å². The second-order valence-electron chi connectivity index (χ2n) is 6.84. The van der Waals surface area contributed by atoms with E-state index >= 15 is 0 Å². The maximum absolute atomic E-state index is 13.1. The number of hydrogen-bond acceptors (Lipinski definition) is 5. The smallest absolute Gasteiger partial charge is 0.422 e. The van der Waals surface area contributed by atoms with Crippen LogP contribution in [0.4, 0.5) is 26.3 Å². The highest BCUT2D eigenvalue weighted by atomic mass is 19.4. The van der Waals surface area contributed by atoms with Crippen LogP contribution in [0.3, 0.4) is 0 Å². The van der Waals surface area contributed by atoms with Gasteiger partial charge in [-0.25, -0.2) is 4.79 Å². The Kier molecular flexibility index (Phi) is 4.60. The van der Waals surface area contributed by atoms with Gasteiger partial charge in [-0.3, -0.25) is 9.98 Å². The molecular formula is C20H12F6N2O3. The van der Waals surface area contributed by atoms with Crippen molar-refractivity contribution in [2.24, 2.45) is 9.98 Å². The van der Waals surface area contributed by atoms with E-state index in [0.29, 0.717) is 0 Å². The molecule has 162 valence electrons. The molecule has 0 radical (unpaired) electrons. The van der Waals surface area contributed by atoms with Gasteiger partial charge in [0.25, 0.3) is 0 Å². The zero-order valence-corrected chi connectivity index (χ0v) is 15.4. The van der Waals surface area contributed by atoms with E-state index in [1.54, 1.807) is 0 Å². The molecule has 0 fully saturated rings. The van der Waals surface area contributed by atoms with Crippen LogP contribution in [0.1, 0.15) is 21.5 Å². The second-order valence-corrected chi connectivity index (χ2v) is 6.84. The van der Waals surface area contributed by atoms with Gasteiger partial charge in [-0.2, -0.15) is 26.3 Å². The molecule has 0 aromatic heterocycles. The minimum atomic E-state index is -4.62. The summed E-state index contributed by atoms with van der Waals surface area (Å²) >= 11 is 0. The summed E-state index contributed by atoms with van der Waals surface area (Å²) in [6.07, 6.45) is -7.62. The summed E-state index contributed by atoms with van der Waals surface area (Å²) in [6, 6.07) is 9.68. The van der Waals surface area contributed by atoms with Crippen molar-refractivity contribution in [1.82, 2.24) is 0 Å². The molecule has 2 aromatic rings. The predicted octanol–water partition coefficient (Wildman–Crippen LogP) is 4.56. The van der Waals surface area contributed by atoms with Gasteiger partial charge in [-0.05, 0) is 35.4 Å². The average Bonchev–Trinajstić information content (AvgIpc) is 3.60. The third-order valence-electron chi connectivity index (χ3n) is 4.89. The number of hydrogen-bond donors (Lipinski definition) is 0. The van der Waals surface area contributed by atoms with Gasteiger partial charge in [0, 0.05) is 12.4 Å². The molecule has 0 N–H and O–H groups in total. The van der Waals surface area contributed by atoms with Crippen LogP contribution >= 0.6 is 0 Å². The Bertz CT molecular complexity index is 1060. The summed E-state index contributed by atoms with van der Waals surface area (Å²) in [5, 5.41) is 0.